The molecule has 3 aromatic rings. The highest BCUT2D eigenvalue weighted by molar-refractivity contribution is 7.87. The van der Waals surface area contributed by atoms with Crippen LogP contribution >= 0.6 is 0 Å². The Labute approximate surface area is 312 Å². The van der Waals surface area contributed by atoms with Crippen molar-refractivity contribution in [2.75, 3.05) is 26.4 Å². The van der Waals surface area contributed by atoms with Crippen molar-refractivity contribution >= 4 is 26.5 Å². The van der Waals surface area contributed by atoms with Gasteiger partial charge in [0, 0.05) is 11.6 Å². The molecular formula is C41H58O9S2. The van der Waals surface area contributed by atoms with Crippen molar-refractivity contribution in [2.45, 2.75) is 126 Å². The molecule has 0 aliphatic rings. The fraction of sp³-hybridized carbons (Fsp3) is 0.537. The van der Waals surface area contributed by atoms with E-state index in [0.29, 0.717) is 30.3 Å². The van der Waals surface area contributed by atoms with E-state index in [1.807, 2.05) is 19.9 Å². The van der Waals surface area contributed by atoms with Crippen LogP contribution in [0.1, 0.15) is 124 Å². The van der Waals surface area contributed by atoms with E-state index in [2.05, 4.69) is 0 Å². The monoisotopic (exact) mass is 758 g/mol. The normalized spacial score (nSPS) is 11.8. The van der Waals surface area contributed by atoms with E-state index in [4.69, 9.17) is 17.8 Å². The number of hydrogen-bond donors (Lipinski definition) is 0. The molecule has 0 fully saturated rings. The number of hydrogen-bond acceptors (Lipinski definition) is 9. The summed E-state index contributed by atoms with van der Waals surface area (Å²) in [4.78, 5) is 11.9. The quantitative estimate of drug-likeness (QED) is 0.0387. The minimum atomic E-state index is -3.68. The number of ether oxygens (including phenoxy) is 2. The number of rotatable bonds is 29. The van der Waals surface area contributed by atoms with E-state index >= 15 is 0 Å². The number of benzene rings is 3. The second kappa shape index (κ2) is 24.1. The molecule has 0 saturated heterocycles. The molecule has 0 N–H and O–H groups in total. The number of carbonyl (C=O) groups excluding carboxylic acids is 1. The second-order valence-electron chi connectivity index (χ2n) is 13.4. The Morgan fingerprint density at radius 2 is 0.750 bits per heavy atom. The first-order chi connectivity index (χ1) is 25.1. The number of carbonyl (C=O) groups is 1. The van der Waals surface area contributed by atoms with Crippen LogP contribution < -0.4 is 9.47 Å². The Bertz CT molecular complexity index is 1540. The standard InChI is InChI=1S/C41H58O9S2/c1-35-19-23-40(24-20-35)51(43,44)49-29-17-13-9-5-3-7-11-15-27-47-38-31-37(34-42)32-39(33-38)48-28-16-12-8-4-6-10-14-18-30-50-52(45,46)41-25-21-36(2)22-26-41/h19-26,31-34H,3-18,27-30H2,1-2H3. The maximum atomic E-state index is 12.2. The fourth-order valence-electron chi connectivity index (χ4n) is 5.62. The molecule has 0 heterocycles. The molecule has 9 nitrogen and oxygen atoms in total. The van der Waals surface area contributed by atoms with Gasteiger partial charge in [-0.3, -0.25) is 13.2 Å². The molecule has 3 rings (SSSR count). The largest absolute Gasteiger partial charge is 0.493 e. The highest BCUT2D eigenvalue weighted by Crippen LogP contribution is 2.24. The van der Waals surface area contributed by atoms with Gasteiger partial charge in [-0.1, -0.05) is 112 Å². The summed E-state index contributed by atoms with van der Waals surface area (Å²) in [6.45, 7) is 5.40. The van der Waals surface area contributed by atoms with Gasteiger partial charge in [-0.05, 0) is 75.9 Å². The van der Waals surface area contributed by atoms with Crippen molar-refractivity contribution in [2.24, 2.45) is 0 Å². The lowest BCUT2D eigenvalue weighted by Crippen LogP contribution is -2.07. The van der Waals surface area contributed by atoms with E-state index in [0.717, 1.165) is 120 Å². The third-order valence-electron chi connectivity index (χ3n) is 8.75. The fourth-order valence-corrected chi connectivity index (χ4v) is 7.51. The molecule has 0 bridgehead atoms. The molecule has 11 heteroatoms. The molecule has 0 spiro atoms. The molecule has 3 aromatic carbocycles. The lowest BCUT2D eigenvalue weighted by atomic mass is 10.1. The molecule has 0 radical (unpaired) electrons. The zero-order valence-corrected chi connectivity index (χ0v) is 32.7. The van der Waals surface area contributed by atoms with E-state index in [1.165, 1.54) is 0 Å². The van der Waals surface area contributed by atoms with Gasteiger partial charge in [-0.15, -0.1) is 0 Å². The van der Waals surface area contributed by atoms with Crippen LogP contribution in [0.2, 0.25) is 0 Å². The van der Waals surface area contributed by atoms with Gasteiger partial charge in [0.05, 0.1) is 36.2 Å². The van der Waals surface area contributed by atoms with E-state index in [9.17, 15) is 21.6 Å². The first kappa shape index (κ1) is 43.2. The lowest BCUT2D eigenvalue weighted by molar-refractivity contribution is 0.112. The summed E-state index contributed by atoms with van der Waals surface area (Å²) in [7, 11) is -7.37. The van der Waals surface area contributed by atoms with Crippen LogP contribution in [0.25, 0.3) is 0 Å². The average Bonchev–Trinajstić information content (AvgIpc) is 3.12. The van der Waals surface area contributed by atoms with Crippen LogP contribution in [0.4, 0.5) is 0 Å². The molecule has 0 aromatic heterocycles. The Morgan fingerprint density at radius 3 is 1.08 bits per heavy atom. The maximum absolute atomic E-state index is 12.2. The van der Waals surface area contributed by atoms with Crippen molar-refractivity contribution in [1.82, 2.24) is 0 Å². The average molecular weight is 759 g/mol. The highest BCUT2D eigenvalue weighted by Gasteiger charge is 2.15. The summed E-state index contributed by atoms with van der Waals surface area (Å²) in [5.41, 5.74) is 2.54. The summed E-state index contributed by atoms with van der Waals surface area (Å²) < 4.78 is 71.2. The second-order valence-corrected chi connectivity index (χ2v) is 16.6. The van der Waals surface area contributed by atoms with Crippen molar-refractivity contribution in [3.05, 3.63) is 83.4 Å². The number of aldehydes is 1. The SMILES string of the molecule is Cc1ccc(S(=O)(=O)OCCCCCCCCCCOc2cc(C=O)cc(OCCCCCCCCCCOS(=O)(=O)c3ccc(C)cc3)c2)cc1. The first-order valence-corrected chi connectivity index (χ1v) is 21.7. The van der Waals surface area contributed by atoms with E-state index in [1.54, 1.807) is 60.7 Å². The summed E-state index contributed by atoms with van der Waals surface area (Å²) in [6.07, 6.45) is 16.9. The van der Waals surface area contributed by atoms with Crippen LogP contribution in [0.3, 0.4) is 0 Å². The molecular weight excluding hydrogens is 701 g/mol. The van der Waals surface area contributed by atoms with Gasteiger partial charge in [0.25, 0.3) is 20.2 Å². The predicted molar refractivity (Wildman–Crippen MR) is 205 cm³/mol. The third kappa shape index (κ3) is 17.5. The molecule has 0 amide bonds. The molecule has 0 unspecified atom stereocenters. The van der Waals surface area contributed by atoms with E-state index in [-0.39, 0.29) is 23.0 Å². The van der Waals surface area contributed by atoms with Crippen LogP contribution in [-0.2, 0) is 28.6 Å². The molecule has 0 saturated carbocycles. The van der Waals surface area contributed by atoms with Gasteiger partial charge in [0.2, 0.25) is 0 Å². The zero-order valence-electron chi connectivity index (χ0n) is 31.1. The van der Waals surface area contributed by atoms with E-state index < -0.39 is 20.2 Å². The van der Waals surface area contributed by atoms with Gasteiger partial charge in [0.1, 0.15) is 17.8 Å². The van der Waals surface area contributed by atoms with Crippen LogP contribution in [0.15, 0.2) is 76.5 Å². The molecule has 0 aliphatic carbocycles. The van der Waals surface area contributed by atoms with Gasteiger partial charge >= 0.3 is 0 Å². The van der Waals surface area contributed by atoms with Crippen LogP contribution in [0, 0.1) is 13.8 Å². The first-order valence-electron chi connectivity index (χ1n) is 18.9. The molecule has 52 heavy (non-hydrogen) atoms. The van der Waals surface area contributed by atoms with Crippen LogP contribution in [0.5, 0.6) is 11.5 Å². The van der Waals surface area contributed by atoms with Gasteiger partial charge in [-0.25, -0.2) is 0 Å². The third-order valence-corrected chi connectivity index (χ3v) is 11.4. The van der Waals surface area contributed by atoms with Crippen molar-refractivity contribution in [3.8, 4) is 11.5 Å². The van der Waals surface area contributed by atoms with Gasteiger partial charge in [0.15, 0.2) is 0 Å². The van der Waals surface area contributed by atoms with Crippen molar-refractivity contribution in [3.63, 3.8) is 0 Å². The Morgan fingerprint density at radius 1 is 0.442 bits per heavy atom. The Hall–Kier alpha value is -3.25. The minimum Gasteiger partial charge on any atom is -0.493 e. The lowest BCUT2D eigenvalue weighted by Gasteiger charge is -2.11. The molecule has 288 valence electrons. The Balaban J connectivity index is 1.14. The predicted octanol–water partition coefficient (Wildman–Crippen LogP) is 9.93. The highest BCUT2D eigenvalue weighted by atomic mass is 32.2. The van der Waals surface area contributed by atoms with Crippen LogP contribution in [-0.4, -0.2) is 49.5 Å². The summed E-state index contributed by atoms with van der Waals surface area (Å²) in [5.74, 6) is 1.29. The van der Waals surface area contributed by atoms with Gasteiger partial charge < -0.3 is 9.47 Å². The summed E-state index contributed by atoms with van der Waals surface area (Å²) >= 11 is 0. The minimum absolute atomic E-state index is 0.201. The number of unbranched alkanes of at least 4 members (excludes halogenated alkanes) is 14. The van der Waals surface area contributed by atoms with Gasteiger partial charge in [-0.2, -0.15) is 16.8 Å². The number of aryl methyl sites for hydroxylation is 2. The van der Waals surface area contributed by atoms with Crippen molar-refractivity contribution < 1.29 is 39.5 Å². The smallest absolute Gasteiger partial charge is 0.296 e. The zero-order chi connectivity index (χ0) is 37.5. The molecule has 0 atom stereocenters. The summed E-state index contributed by atoms with van der Waals surface area (Å²) in [5, 5.41) is 0. The summed E-state index contributed by atoms with van der Waals surface area (Å²) in [6, 6.07) is 18.7. The van der Waals surface area contributed by atoms with Crippen molar-refractivity contribution in [1.29, 1.82) is 0 Å². The Kier molecular flexibility index (Phi) is 20.0. The molecule has 0 aliphatic heterocycles. The topological polar surface area (TPSA) is 122 Å². The maximum Gasteiger partial charge on any atom is 0.296 e.